The molecule has 0 spiro atoms. The summed E-state index contributed by atoms with van der Waals surface area (Å²) in [6.45, 7) is 9.25. The maximum atomic E-state index is 13.0. The Morgan fingerprint density at radius 2 is 1.76 bits per heavy atom. The van der Waals surface area contributed by atoms with Crippen molar-refractivity contribution < 1.29 is 23.9 Å². The van der Waals surface area contributed by atoms with Crippen LogP contribution in [-0.4, -0.2) is 73.3 Å². The largest absolute Gasteiger partial charge is 0.469 e. The van der Waals surface area contributed by atoms with Gasteiger partial charge in [0.2, 0.25) is 0 Å². The van der Waals surface area contributed by atoms with Crippen LogP contribution in [0.5, 0.6) is 0 Å². The number of methoxy groups -OCH3 is 1. The normalized spacial score (nSPS) is 19.2. The quantitative estimate of drug-likeness (QED) is 0.546. The van der Waals surface area contributed by atoms with Crippen molar-refractivity contribution in [1.29, 1.82) is 0 Å². The molecule has 3 rings (SSSR count). The minimum Gasteiger partial charge on any atom is -0.469 e. The first-order chi connectivity index (χ1) is 16.2. The van der Waals surface area contributed by atoms with Gasteiger partial charge in [-0.3, -0.25) is 9.69 Å². The molecule has 2 fully saturated rings. The molecule has 1 aromatic rings. The van der Waals surface area contributed by atoms with E-state index >= 15 is 0 Å². The summed E-state index contributed by atoms with van der Waals surface area (Å²) in [5.74, 6) is 0.282. The van der Waals surface area contributed by atoms with E-state index in [9.17, 15) is 14.4 Å². The van der Waals surface area contributed by atoms with Crippen LogP contribution in [0.25, 0.3) is 0 Å². The number of amides is 3. The second-order valence-corrected chi connectivity index (χ2v) is 10.2. The second kappa shape index (κ2) is 11.6. The summed E-state index contributed by atoms with van der Waals surface area (Å²) in [4.78, 5) is 42.3. The molecule has 1 aromatic carbocycles. The predicted molar refractivity (Wildman–Crippen MR) is 131 cm³/mol. The highest BCUT2D eigenvalue weighted by molar-refractivity contribution is 5.94. The van der Waals surface area contributed by atoms with Gasteiger partial charge >= 0.3 is 18.1 Å². The lowest BCUT2D eigenvalue weighted by Gasteiger charge is -2.26. The number of likely N-dealkylation sites (tertiary alicyclic amines) is 1. The van der Waals surface area contributed by atoms with Crippen molar-refractivity contribution in [3.63, 3.8) is 0 Å². The van der Waals surface area contributed by atoms with Gasteiger partial charge in [0, 0.05) is 44.8 Å². The molecule has 0 aliphatic carbocycles. The molecule has 1 atom stereocenters. The number of rotatable bonds is 7. The minimum absolute atomic E-state index is 0.0475. The number of ether oxygens (including phenoxy) is 2. The van der Waals surface area contributed by atoms with Crippen LogP contribution in [0.1, 0.15) is 58.4 Å². The van der Waals surface area contributed by atoms with Crippen LogP contribution in [0.15, 0.2) is 24.3 Å². The standard InChI is InChI=1S/C26H39N3O5/c1-26(2,3)34-25(32)28-15-5-6-20(14-17-28)13-16-27-18-19-29(24(27)31)22-10-7-21(8-11-22)9-12-23(30)33-4/h7-8,10-11,20H,5-6,9,12-19H2,1-4H3. The molecule has 188 valence electrons. The Hall–Kier alpha value is -2.77. The smallest absolute Gasteiger partial charge is 0.410 e. The Labute approximate surface area is 203 Å². The summed E-state index contributed by atoms with van der Waals surface area (Å²) in [5, 5.41) is 0. The summed E-state index contributed by atoms with van der Waals surface area (Å²) in [7, 11) is 1.39. The van der Waals surface area contributed by atoms with Gasteiger partial charge in [-0.15, -0.1) is 0 Å². The lowest BCUT2D eigenvalue weighted by molar-refractivity contribution is -0.140. The molecular formula is C26H39N3O5. The number of urea groups is 1. The first kappa shape index (κ1) is 25.8. The first-order valence-electron chi connectivity index (χ1n) is 12.4. The Morgan fingerprint density at radius 3 is 2.44 bits per heavy atom. The van der Waals surface area contributed by atoms with E-state index in [1.165, 1.54) is 7.11 Å². The number of hydrogen-bond donors (Lipinski definition) is 0. The van der Waals surface area contributed by atoms with Gasteiger partial charge in [-0.05, 0) is 76.5 Å². The van der Waals surface area contributed by atoms with Crippen LogP contribution in [-0.2, 0) is 20.7 Å². The van der Waals surface area contributed by atoms with E-state index in [2.05, 4.69) is 4.74 Å². The number of aryl methyl sites for hydroxylation is 1. The van der Waals surface area contributed by atoms with Crippen molar-refractivity contribution in [2.45, 2.75) is 64.9 Å². The minimum atomic E-state index is -0.478. The van der Waals surface area contributed by atoms with Crippen molar-refractivity contribution in [2.75, 3.05) is 44.7 Å². The van der Waals surface area contributed by atoms with E-state index in [0.717, 1.165) is 56.6 Å². The highest BCUT2D eigenvalue weighted by Gasteiger charge is 2.30. The van der Waals surface area contributed by atoms with Gasteiger partial charge in [-0.2, -0.15) is 0 Å². The van der Waals surface area contributed by atoms with E-state index in [0.29, 0.717) is 31.8 Å². The van der Waals surface area contributed by atoms with Gasteiger partial charge in [0.05, 0.1) is 7.11 Å². The van der Waals surface area contributed by atoms with Crippen LogP contribution >= 0.6 is 0 Å². The monoisotopic (exact) mass is 473 g/mol. The van der Waals surface area contributed by atoms with E-state index in [-0.39, 0.29) is 18.1 Å². The van der Waals surface area contributed by atoms with Crippen LogP contribution < -0.4 is 4.90 Å². The summed E-state index contributed by atoms with van der Waals surface area (Å²) < 4.78 is 10.2. The highest BCUT2D eigenvalue weighted by Crippen LogP contribution is 2.25. The maximum absolute atomic E-state index is 13.0. The molecule has 0 radical (unpaired) electrons. The molecule has 8 nitrogen and oxygen atoms in total. The van der Waals surface area contributed by atoms with E-state index in [4.69, 9.17) is 4.74 Å². The number of esters is 1. The van der Waals surface area contributed by atoms with Crippen molar-refractivity contribution in [2.24, 2.45) is 5.92 Å². The average Bonchev–Trinajstić information content (AvgIpc) is 3.00. The molecule has 2 heterocycles. The molecule has 3 amide bonds. The summed E-state index contributed by atoms with van der Waals surface area (Å²) in [6.07, 6.45) is 4.68. The fraction of sp³-hybridized carbons (Fsp3) is 0.654. The highest BCUT2D eigenvalue weighted by atomic mass is 16.6. The number of hydrogen-bond acceptors (Lipinski definition) is 5. The zero-order chi connectivity index (χ0) is 24.7. The molecule has 0 aromatic heterocycles. The van der Waals surface area contributed by atoms with Gasteiger partial charge in [0.25, 0.3) is 0 Å². The molecule has 2 saturated heterocycles. The van der Waals surface area contributed by atoms with Crippen molar-refractivity contribution in [1.82, 2.24) is 9.80 Å². The SMILES string of the molecule is COC(=O)CCc1ccc(N2CCN(CCC3CCCN(C(=O)OC(C)(C)C)CC3)C2=O)cc1. The second-order valence-electron chi connectivity index (χ2n) is 10.2. The number of nitrogens with zero attached hydrogens (tertiary/aromatic N) is 3. The Morgan fingerprint density at radius 1 is 1.03 bits per heavy atom. The molecule has 2 aliphatic heterocycles. The topological polar surface area (TPSA) is 79.4 Å². The molecule has 1 unspecified atom stereocenters. The summed E-state index contributed by atoms with van der Waals surface area (Å²) in [5.41, 5.74) is 1.46. The maximum Gasteiger partial charge on any atom is 0.410 e. The van der Waals surface area contributed by atoms with E-state index < -0.39 is 5.60 Å². The van der Waals surface area contributed by atoms with Crippen LogP contribution in [0.2, 0.25) is 0 Å². The van der Waals surface area contributed by atoms with Crippen molar-refractivity contribution >= 4 is 23.8 Å². The zero-order valence-electron chi connectivity index (χ0n) is 21.0. The predicted octanol–water partition coefficient (Wildman–Crippen LogP) is 4.46. The third-order valence-corrected chi connectivity index (χ3v) is 6.50. The fourth-order valence-electron chi connectivity index (χ4n) is 4.52. The molecule has 0 N–H and O–H groups in total. The molecular weight excluding hydrogens is 434 g/mol. The van der Waals surface area contributed by atoms with Crippen molar-refractivity contribution in [3.05, 3.63) is 29.8 Å². The number of carbonyl (C=O) groups excluding carboxylic acids is 3. The van der Waals surface area contributed by atoms with E-state index in [1.54, 1.807) is 0 Å². The average molecular weight is 474 g/mol. The van der Waals surface area contributed by atoms with Gasteiger partial charge in [-0.25, -0.2) is 9.59 Å². The third kappa shape index (κ3) is 7.37. The molecule has 34 heavy (non-hydrogen) atoms. The Balaban J connectivity index is 1.45. The number of carbonyl (C=O) groups is 3. The van der Waals surface area contributed by atoms with Crippen molar-refractivity contribution in [3.8, 4) is 0 Å². The lowest BCUT2D eigenvalue weighted by atomic mass is 9.97. The van der Waals surface area contributed by atoms with Crippen LogP contribution in [0, 0.1) is 5.92 Å². The Kier molecular flexibility index (Phi) is 8.80. The molecule has 0 saturated carbocycles. The number of benzene rings is 1. The summed E-state index contributed by atoms with van der Waals surface area (Å²) >= 11 is 0. The van der Waals surface area contributed by atoms with Gasteiger partial charge in [-0.1, -0.05) is 12.1 Å². The van der Waals surface area contributed by atoms with Gasteiger partial charge in [0.1, 0.15) is 5.60 Å². The molecule has 8 heteroatoms. The fourth-order valence-corrected chi connectivity index (χ4v) is 4.52. The summed E-state index contributed by atoms with van der Waals surface area (Å²) in [6, 6.07) is 7.88. The van der Waals surface area contributed by atoms with Gasteiger partial charge < -0.3 is 19.3 Å². The van der Waals surface area contributed by atoms with Crippen LogP contribution in [0.3, 0.4) is 0 Å². The van der Waals surface area contributed by atoms with Gasteiger partial charge in [0.15, 0.2) is 0 Å². The third-order valence-electron chi connectivity index (χ3n) is 6.50. The van der Waals surface area contributed by atoms with Crippen LogP contribution in [0.4, 0.5) is 15.3 Å². The molecule has 2 aliphatic rings. The molecule has 0 bridgehead atoms. The zero-order valence-corrected chi connectivity index (χ0v) is 21.0. The Bertz CT molecular complexity index is 849. The first-order valence-corrected chi connectivity index (χ1v) is 12.4. The van der Waals surface area contributed by atoms with E-state index in [1.807, 2.05) is 59.7 Å². The lowest BCUT2D eigenvalue weighted by Crippen LogP contribution is -2.37. The number of anilines is 1.